The van der Waals surface area contributed by atoms with Gasteiger partial charge in [-0.05, 0) is 40.2 Å². The van der Waals surface area contributed by atoms with E-state index in [1.807, 2.05) is 30.3 Å². The SMILES string of the molecule is COc1cccc2cc(-c3cc(C(=O)O)c4cccc(Br)c4n3)oc12. The predicted molar refractivity (Wildman–Crippen MR) is 98.2 cm³/mol. The van der Waals surface area contributed by atoms with E-state index >= 15 is 0 Å². The number of benzene rings is 2. The van der Waals surface area contributed by atoms with Crippen LogP contribution in [0.1, 0.15) is 10.4 Å². The molecule has 2 aromatic carbocycles. The van der Waals surface area contributed by atoms with E-state index in [-0.39, 0.29) is 5.56 Å². The molecule has 0 aliphatic carbocycles. The largest absolute Gasteiger partial charge is 0.493 e. The van der Waals surface area contributed by atoms with Gasteiger partial charge in [-0.2, -0.15) is 0 Å². The van der Waals surface area contributed by atoms with Crippen molar-refractivity contribution in [2.45, 2.75) is 0 Å². The van der Waals surface area contributed by atoms with Crippen molar-refractivity contribution in [2.24, 2.45) is 0 Å². The molecule has 0 unspecified atom stereocenters. The van der Waals surface area contributed by atoms with Crippen LogP contribution in [0.25, 0.3) is 33.3 Å². The Labute approximate surface area is 151 Å². The molecule has 6 heteroatoms. The van der Waals surface area contributed by atoms with E-state index < -0.39 is 5.97 Å². The van der Waals surface area contributed by atoms with Crippen LogP contribution in [0, 0.1) is 0 Å². The lowest BCUT2D eigenvalue weighted by atomic mass is 10.1. The van der Waals surface area contributed by atoms with Crippen molar-refractivity contribution in [3.05, 3.63) is 58.6 Å². The molecule has 0 atom stereocenters. The lowest BCUT2D eigenvalue weighted by molar-refractivity contribution is 0.0699. The Balaban J connectivity index is 2.01. The highest BCUT2D eigenvalue weighted by atomic mass is 79.9. The number of fused-ring (bicyclic) bond motifs is 2. The van der Waals surface area contributed by atoms with Crippen LogP contribution in [-0.4, -0.2) is 23.2 Å². The lowest BCUT2D eigenvalue weighted by Gasteiger charge is -2.06. The van der Waals surface area contributed by atoms with E-state index in [2.05, 4.69) is 20.9 Å². The van der Waals surface area contributed by atoms with E-state index in [0.29, 0.717) is 33.7 Å². The van der Waals surface area contributed by atoms with Crippen LogP contribution in [0.4, 0.5) is 0 Å². The average Bonchev–Trinajstić information content (AvgIpc) is 3.05. The van der Waals surface area contributed by atoms with Gasteiger partial charge in [-0.25, -0.2) is 9.78 Å². The number of halogens is 1. The Morgan fingerprint density at radius 1 is 1.20 bits per heavy atom. The average molecular weight is 398 g/mol. The molecule has 0 fully saturated rings. The maximum Gasteiger partial charge on any atom is 0.336 e. The number of hydrogen-bond acceptors (Lipinski definition) is 4. The summed E-state index contributed by atoms with van der Waals surface area (Å²) in [5, 5.41) is 11.0. The number of para-hydroxylation sites is 2. The number of aromatic carboxylic acids is 1. The monoisotopic (exact) mass is 397 g/mol. The second-order valence-corrected chi connectivity index (χ2v) is 6.34. The molecular formula is C19H12BrNO4. The van der Waals surface area contributed by atoms with Crippen LogP contribution in [0.15, 0.2) is 57.4 Å². The molecule has 5 nitrogen and oxygen atoms in total. The number of carboxylic acid groups (broad SMARTS) is 1. The number of carboxylic acids is 1. The highest BCUT2D eigenvalue weighted by Gasteiger charge is 2.17. The first-order chi connectivity index (χ1) is 12.1. The fourth-order valence-electron chi connectivity index (χ4n) is 2.84. The third-order valence-electron chi connectivity index (χ3n) is 4.00. The molecule has 2 aromatic heterocycles. The third kappa shape index (κ3) is 2.55. The standard InChI is InChI=1S/C19H12BrNO4/c1-24-15-7-2-4-10-8-16(25-18(10)15)14-9-12(19(22)23)11-5-3-6-13(20)17(11)21-14/h2-9H,1H3,(H,22,23). The zero-order valence-corrected chi connectivity index (χ0v) is 14.7. The van der Waals surface area contributed by atoms with Crippen LogP contribution in [-0.2, 0) is 0 Å². The van der Waals surface area contributed by atoms with Gasteiger partial charge in [-0.1, -0.05) is 24.3 Å². The number of pyridine rings is 1. The summed E-state index contributed by atoms with van der Waals surface area (Å²) in [5.74, 6) is 0.0873. The quantitative estimate of drug-likeness (QED) is 0.519. The summed E-state index contributed by atoms with van der Waals surface area (Å²) in [7, 11) is 1.57. The number of nitrogens with zero attached hydrogens (tertiary/aromatic N) is 1. The van der Waals surface area contributed by atoms with Crippen LogP contribution in [0.3, 0.4) is 0 Å². The molecule has 0 saturated heterocycles. The van der Waals surface area contributed by atoms with E-state index in [1.54, 1.807) is 19.2 Å². The number of carbonyl (C=O) groups is 1. The van der Waals surface area contributed by atoms with Crippen LogP contribution in [0.2, 0.25) is 0 Å². The highest BCUT2D eigenvalue weighted by Crippen LogP contribution is 2.35. The second kappa shape index (κ2) is 5.89. The number of hydrogen-bond donors (Lipinski definition) is 1. The minimum Gasteiger partial charge on any atom is -0.493 e. The number of ether oxygens (including phenoxy) is 1. The summed E-state index contributed by atoms with van der Waals surface area (Å²) in [6, 6.07) is 14.3. The minimum atomic E-state index is -1.01. The van der Waals surface area contributed by atoms with Crippen LogP contribution in [0.5, 0.6) is 5.75 Å². The van der Waals surface area contributed by atoms with Crippen molar-refractivity contribution in [3.63, 3.8) is 0 Å². The van der Waals surface area contributed by atoms with Crippen molar-refractivity contribution < 1.29 is 19.1 Å². The first-order valence-electron chi connectivity index (χ1n) is 7.48. The summed E-state index contributed by atoms with van der Waals surface area (Å²) >= 11 is 3.44. The van der Waals surface area contributed by atoms with Gasteiger partial charge in [0.05, 0.1) is 18.2 Å². The molecule has 0 aliphatic rings. The summed E-state index contributed by atoms with van der Waals surface area (Å²) < 4.78 is 11.9. The molecule has 0 aliphatic heterocycles. The van der Waals surface area contributed by atoms with Gasteiger partial charge < -0.3 is 14.3 Å². The first-order valence-corrected chi connectivity index (χ1v) is 8.27. The molecule has 0 spiro atoms. The fourth-order valence-corrected chi connectivity index (χ4v) is 3.29. The topological polar surface area (TPSA) is 72.6 Å². The number of methoxy groups -OCH3 is 1. The zero-order chi connectivity index (χ0) is 17.6. The Kier molecular flexibility index (Phi) is 3.69. The second-order valence-electron chi connectivity index (χ2n) is 5.49. The maximum atomic E-state index is 11.7. The molecule has 1 N–H and O–H groups in total. The highest BCUT2D eigenvalue weighted by molar-refractivity contribution is 9.10. The summed E-state index contributed by atoms with van der Waals surface area (Å²) in [5.41, 5.74) is 1.81. The molecule has 2 heterocycles. The van der Waals surface area contributed by atoms with Crippen LogP contribution < -0.4 is 4.74 Å². The lowest BCUT2D eigenvalue weighted by Crippen LogP contribution is -2.00. The van der Waals surface area contributed by atoms with E-state index in [4.69, 9.17) is 9.15 Å². The maximum absolute atomic E-state index is 11.7. The molecule has 4 rings (SSSR count). The summed E-state index contributed by atoms with van der Waals surface area (Å²) in [4.78, 5) is 16.3. The van der Waals surface area contributed by atoms with Crippen molar-refractivity contribution >= 4 is 43.8 Å². The van der Waals surface area contributed by atoms with Crippen molar-refractivity contribution in [2.75, 3.05) is 7.11 Å². The summed E-state index contributed by atoms with van der Waals surface area (Å²) in [6.45, 7) is 0. The Hall–Kier alpha value is -2.86. The number of furan rings is 1. The smallest absolute Gasteiger partial charge is 0.336 e. The van der Waals surface area contributed by atoms with Crippen LogP contribution >= 0.6 is 15.9 Å². The van der Waals surface area contributed by atoms with Gasteiger partial charge in [0.1, 0.15) is 5.69 Å². The number of rotatable bonds is 3. The van der Waals surface area contributed by atoms with Gasteiger partial charge in [0.15, 0.2) is 17.1 Å². The molecule has 0 saturated carbocycles. The Morgan fingerprint density at radius 3 is 2.76 bits per heavy atom. The predicted octanol–water partition coefficient (Wildman–Crippen LogP) is 5.12. The molecule has 25 heavy (non-hydrogen) atoms. The molecule has 0 bridgehead atoms. The molecule has 4 aromatic rings. The zero-order valence-electron chi connectivity index (χ0n) is 13.1. The first kappa shape index (κ1) is 15.7. The van der Waals surface area contributed by atoms with Gasteiger partial charge in [-0.15, -0.1) is 0 Å². The van der Waals surface area contributed by atoms with E-state index in [9.17, 15) is 9.90 Å². The fraction of sp³-hybridized carbons (Fsp3) is 0.0526. The van der Waals surface area contributed by atoms with Gasteiger partial charge in [0.25, 0.3) is 0 Å². The van der Waals surface area contributed by atoms with Crippen molar-refractivity contribution in [1.82, 2.24) is 4.98 Å². The third-order valence-corrected chi connectivity index (χ3v) is 4.64. The van der Waals surface area contributed by atoms with Gasteiger partial charge >= 0.3 is 5.97 Å². The Bertz CT molecular complexity index is 1130. The van der Waals surface area contributed by atoms with Gasteiger partial charge in [0.2, 0.25) is 0 Å². The summed E-state index contributed by atoms with van der Waals surface area (Å²) in [6.07, 6.45) is 0. The van der Waals surface area contributed by atoms with E-state index in [1.165, 1.54) is 6.07 Å². The normalized spacial score (nSPS) is 11.1. The molecule has 124 valence electrons. The van der Waals surface area contributed by atoms with Gasteiger partial charge in [-0.3, -0.25) is 0 Å². The molecular weight excluding hydrogens is 386 g/mol. The van der Waals surface area contributed by atoms with Crippen molar-refractivity contribution in [1.29, 1.82) is 0 Å². The molecule has 0 amide bonds. The molecule has 0 radical (unpaired) electrons. The minimum absolute atomic E-state index is 0.175. The Morgan fingerprint density at radius 2 is 2.00 bits per heavy atom. The van der Waals surface area contributed by atoms with Crippen molar-refractivity contribution in [3.8, 4) is 17.2 Å². The number of aromatic nitrogens is 1. The van der Waals surface area contributed by atoms with Gasteiger partial charge in [0, 0.05) is 15.2 Å². The van der Waals surface area contributed by atoms with E-state index in [0.717, 1.165) is 9.86 Å².